The molecule has 2 rings (SSSR count). The van der Waals surface area contributed by atoms with Crippen molar-refractivity contribution in [3.63, 3.8) is 0 Å². The Balaban J connectivity index is 1.86. The van der Waals surface area contributed by atoms with E-state index in [1.807, 2.05) is 6.92 Å². The summed E-state index contributed by atoms with van der Waals surface area (Å²) < 4.78 is 31.3. The molecule has 1 unspecified atom stereocenters. The highest BCUT2D eigenvalue weighted by molar-refractivity contribution is 7.89. The number of sulfonamides is 1. The number of amides is 2. The van der Waals surface area contributed by atoms with E-state index >= 15 is 0 Å². The Morgan fingerprint density at radius 3 is 2.41 bits per heavy atom. The van der Waals surface area contributed by atoms with Gasteiger partial charge in [0.15, 0.2) is 6.10 Å². The van der Waals surface area contributed by atoms with E-state index in [2.05, 4.69) is 10.9 Å². The first-order chi connectivity index (χ1) is 13.6. The van der Waals surface area contributed by atoms with Gasteiger partial charge in [0.2, 0.25) is 10.0 Å². The Bertz CT molecular complexity index is 980. The van der Waals surface area contributed by atoms with Crippen LogP contribution in [0, 0.1) is 6.92 Å². The number of nitrogens with one attached hydrogen (secondary N) is 2. The number of nitrogens with zero attached hydrogens (tertiary/aromatic N) is 1. The van der Waals surface area contributed by atoms with Gasteiger partial charge in [0.1, 0.15) is 5.75 Å². The van der Waals surface area contributed by atoms with E-state index in [9.17, 15) is 18.0 Å². The maximum atomic E-state index is 12.5. The van der Waals surface area contributed by atoms with E-state index in [1.165, 1.54) is 26.1 Å². The number of benzene rings is 2. The van der Waals surface area contributed by atoms with Crippen molar-refractivity contribution in [3.05, 3.63) is 59.1 Å². The predicted molar refractivity (Wildman–Crippen MR) is 109 cm³/mol. The Hall–Kier alpha value is -2.62. The quantitative estimate of drug-likeness (QED) is 0.641. The number of hydrazine groups is 1. The van der Waals surface area contributed by atoms with Gasteiger partial charge < -0.3 is 4.74 Å². The van der Waals surface area contributed by atoms with Crippen LogP contribution in [0.25, 0.3) is 0 Å². The van der Waals surface area contributed by atoms with Crippen molar-refractivity contribution in [2.75, 3.05) is 13.6 Å². The third-order valence-electron chi connectivity index (χ3n) is 3.90. The van der Waals surface area contributed by atoms with Crippen LogP contribution in [0.4, 0.5) is 0 Å². The van der Waals surface area contributed by atoms with E-state index in [4.69, 9.17) is 16.3 Å². The van der Waals surface area contributed by atoms with Crippen LogP contribution >= 0.6 is 11.6 Å². The summed E-state index contributed by atoms with van der Waals surface area (Å²) in [6, 6.07) is 12.8. The second-order valence-corrected chi connectivity index (χ2v) is 8.81. The van der Waals surface area contributed by atoms with E-state index in [0.29, 0.717) is 10.8 Å². The van der Waals surface area contributed by atoms with Crippen molar-refractivity contribution in [3.8, 4) is 5.75 Å². The number of likely N-dealkylation sites (N-methyl/N-ethyl adjacent to an activating group) is 1. The zero-order valence-corrected chi connectivity index (χ0v) is 17.8. The molecule has 0 saturated heterocycles. The number of carbonyl (C=O) groups is 2. The number of hydrogen-bond donors (Lipinski definition) is 2. The molecule has 0 heterocycles. The predicted octanol–water partition coefficient (Wildman–Crippen LogP) is 1.88. The van der Waals surface area contributed by atoms with Crippen molar-refractivity contribution in [2.24, 2.45) is 0 Å². The molecule has 2 N–H and O–H groups in total. The summed E-state index contributed by atoms with van der Waals surface area (Å²) in [6.07, 6.45) is -0.914. The first kappa shape index (κ1) is 22.7. The maximum absolute atomic E-state index is 12.5. The molecular weight excluding hydrogens is 418 g/mol. The summed E-state index contributed by atoms with van der Waals surface area (Å²) in [4.78, 5) is 24.2. The minimum Gasteiger partial charge on any atom is -0.481 e. The monoisotopic (exact) mass is 439 g/mol. The number of ether oxygens (including phenoxy) is 1. The number of aryl methyl sites for hydroxylation is 1. The van der Waals surface area contributed by atoms with Gasteiger partial charge in [0.25, 0.3) is 11.8 Å². The van der Waals surface area contributed by atoms with Gasteiger partial charge in [-0.2, -0.15) is 4.31 Å². The maximum Gasteiger partial charge on any atom is 0.279 e. The molecule has 0 aromatic heterocycles. The van der Waals surface area contributed by atoms with Gasteiger partial charge in [-0.25, -0.2) is 8.42 Å². The molecule has 0 bridgehead atoms. The molecule has 0 aliphatic carbocycles. The molecule has 0 spiro atoms. The lowest BCUT2D eigenvalue weighted by molar-refractivity contribution is -0.132. The topological polar surface area (TPSA) is 105 Å². The van der Waals surface area contributed by atoms with Gasteiger partial charge in [0, 0.05) is 12.1 Å². The lowest BCUT2D eigenvalue weighted by Gasteiger charge is -2.18. The highest BCUT2D eigenvalue weighted by Crippen LogP contribution is 2.18. The number of halogens is 1. The van der Waals surface area contributed by atoms with Gasteiger partial charge in [0.05, 0.1) is 11.4 Å². The lowest BCUT2D eigenvalue weighted by Crippen LogP contribution is -2.50. The minimum absolute atomic E-state index is 0.0750. The van der Waals surface area contributed by atoms with Gasteiger partial charge >= 0.3 is 0 Å². The molecule has 0 aliphatic heterocycles. The van der Waals surface area contributed by atoms with Crippen LogP contribution in [0.15, 0.2) is 53.4 Å². The molecule has 0 saturated carbocycles. The van der Waals surface area contributed by atoms with Crippen LogP contribution in [0.5, 0.6) is 5.75 Å². The molecule has 8 nitrogen and oxygen atoms in total. The first-order valence-electron chi connectivity index (χ1n) is 8.63. The molecule has 29 heavy (non-hydrogen) atoms. The van der Waals surface area contributed by atoms with Crippen LogP contribution in [0.3, 0.4) is 0 Å². The SMILES string of the molecule is Cc1ccc(S(=O)(=O)N(C)CC(=O)NNC(=O)C(C)Oc2cccc(Cl)c2)cc1. The molecule has 10 heteroatoms. The van der Waals surface area contributed by atoms with Gasteiger partial charge in [-0.15, -0.1) is 0 Å². The van der Waals surface area contributed by atoms with Gasteiger partial charge in [-0.3, -0.25) is 20.4 Å². The fourth-order valence-corrected chi connectivity index (χ4v) is 3.56. The van der Waals surface area contributed by atoms with Gasteiger partial charge in [-0.05, 0) is 44.2 Å². The van der Waals surface area contributed by atoms with E-state index < -0.39 is 34.5 Å². The smallest absolute Gasteiger partial charge is 0.279 e. The summed E-state index contributed by atoms with van der Waals surface area (Å²) in [5.74, 6) is -0.913. The Morgan fingerprint density at radius 1 is 1.14 bits per heavy atom. The summed E-state index contributed by atoms with van der Waals surface area (Å²) in [5.41, 5.74) is 5.29. The average Bonchev–Trinajstić information content (AvgIpc) is 2.66. The minimum atomic E-state index is -3.83. The van der Waals surface area contributed by atoms with Crippen molar-refractivity contribution in [2.45, 2.75) is 24.8 Å². The van der Waals surface area contributed by atoms with E-state index in [1.54, 1.807) is 36.4 Å². The van der Waals surface area contributed by atoms with Crippen molar-refractivity contribution >= 4 is 33.4 Å². The highest BCUT2D eigenvalue weighted by Gasteiger charge is 2.23. The zero-order chi connectivity index (χ0) is 21.6. The Labute approximate surface area is 174 Å². The zero-order valence-electron chi connectivity index (χ0n) is 16.2. The molecule has 1 atom stereocenters. The van der Waals surface area contributed by atoms with E-state index in [-0.39, 0.29) is 4.90 Å². The fourth-order valence-electron chi connectivity index (χ4n) is 2.25. The van der Waals surface area contributed by atoms with Crippen LogP contribution < -0.4 is 15.6 Å². The standard InChI is InChI=1S/C19H22ClN3O5S/c1-13-7-9-17(10-8-13)29(26,27)23(3)12-18(24)21-22-19(25)14(2)28-16-6-4-5-15(20)11-16/h4-11,14H,12H2,1-3H3,(H,21,24)(H,22,25). The van der Waals surface area contributed by atoms with Crippen molar-refractivity contribution in [1.82, 2.24) is 15.2 Å². The summed E-state index contributed by atoms with van der Waals surface area (Å²) in [6.45, 7) is 2.86. The molecule has 2 aromatic carbocycles. The Morgan fingerprint density at radius 2 is 1.79 bits per heavy atom. The highest BCUT2D eigenvalue weighted by atomic mass is 35.5. The first-order valence-corrected chi connectivity index (χ1v) is 10.5. The van der Waals surface area contributed by atoms with Crippen LogP contribution in [0.1, 0.15) is 12.5 Å². The average molecular weight is 440 g/mol. The van der Waals surface area contributed by atoms with Crippen molar-refractivity contribution < 1.29 is 22.7 Å². The van der Waals surface area contributed by atoms with Crippen LogP contribution in [-0.2, 0) is 19.6 Å². The second kappa shape index (κ2) is 9.73. The lowest BCUT2D eigenvalue weighted by atomic mass is 10.2. The molecule has 2 aromatic rings. The summed E-state index contributed by atoms with van der Waals surface area (Å²) >= 11 is 5.86. The molecule has 0 radical (unpaired) electrons. The molecular formula is C19H22ClN3O5S. The second-order valence-electron chi connectivity index (χ2n) is 6.33. The summed E-state index contributed by atoms with van der Waals surface area (Å²) in [5, 5.41) is 0.459. The fraction of sp³-hybridized carbons (Fsp3) is 0.263. The largest absolute Gasteiger partial charge is 0.481 e. The molecule has 156 valence electrons. The molecule has 2 amide bonds. The summed E-state index contributed by atoms with van der Waals surface area (Å²) in [7, 11) is -2.55. The number of carbonyl (C=O) groups excluding carboxylic acids is 2. The van der Waals surface area contributed by atoms with E-state index in [0.717, 1.165) is 9.87 Å². The Kier molecular flexibility index (Phi) is 7.60. The third kappa shape index (κ3) is 6.45. The van der Waals surface area contributed by atoms with Gasteiger partial charge in [-0.1, -0.05) is 35.4 Å². The van der Waals surface area contributed by atoms with Crippen LogP contribution in [0.2, 0.25) is 5.02 Å². The number of rotatable bonds is 7. The normalized spacial score (nSPS) is 12.3. The van der Waals surface area contributed by atoms with Crippen molar-refractivity contribution in [1.29, 1.82) is 0 Å². The number of hydrogen-bond acceptors (Lipinski definition) is 5. The van der Waals surface area contributed by atoms with Crippen LogP contribution in [-0.4, -0.2) is 44.2 Å². The molecule has 0 aliphatic rings. The molecule has 0 fully saturated rings. The third-order valence-corrected chi connectivity index (χ3v) is 5.95.